The lowest BCUT2D eigenvalue weighted by Gasteiger charge is -2.22. The van der Waals surface area contributed by atoms with Gasteiger partial charge in [0, 0.05) is 7.11 Å². The summed E-state index contributed by atoms with van der Waals surface area (Å²) in [5.74, 6) is -0.229. The molecule has 2 rings (SSSR count). The minimum absolute atomic E-state index is 0.229. The Labute approximate surface area is 125 Å². The lowest BCUT2D eigenvalue weighted by Crippen LogP contribution is -2.41. The number of ether oxygens (including phenoxy) is 1. The minimum Gasteiger partial charge on any atom is -0.383 e. The van der Waals surface area contributed by atoms with Crippen LogP contribution in [0.3, 0.4) is 0 Å². The first-order valence-electron chi connectivity index (χ1n) is 7.25. The van der Waals surface area contributed by atoms with Crippen LogP contribution in [-0.4, -0.2) is 37.1 Å². The van der Waals surface area contributed by atoms with Gasteiger partial charge >= 0.3 is 6.03 Å². The highest BCUT2D eigenvalue weighted by molar-refractivity contribution is 6.07. The van der Waals surface area contributed by atoms with Crippen LogP contribution in [0.25, 0.3) is 0 Å². The molecular formula is C16H22N2O3. The number of carbonyl (C=O) groups is 2. The SMILES string of the molecule is CCCc1ccc(C2(C)NC(=O)N(CCOC)C2=O)cc1. The van der Waals surface area contributed by atoms with Crippen molar-refractivity contribution in [1.29, 1.82) is 0 Å². The smallest absolute Gasteiger partial charge is 0.325 e. The molecule has 0 aromatic heterocycles. The second-order valence-electron chi connectivity index (χ2n) is 5.45. The zero-order valence-corrected chi connectivity index (χ0v) is 12.8. The number of methoxy groups -OCH3 is 1. The third-order valence-corrected chi connectivity index (χ3v) is 3.86. The molecule has 21 heavy (non-hydrogen) atoms. The van der Waals surface area contributed by atoms with E-state index in [0.717, 1.165) is 18.4 Å². The van der Waals surface area contributed by atoms with Crippen molar-refractivity contribution < 1.29 is 14.3 Å². The Morgan fingerprint density at radius 3 is 2.48 bits per heavy atom. The molecule has 3 amide bonds. The van der Waals surface area contributed by atoms with E-state index in [0.29, 0.717) is 6.61 Å². The zero-order valence-electron chi connectivity index (χ0n) is 12.8. The minimum atomic E-state index is -0.991. The number of urea groups is 1. The molecule has 1 atom stereocenters. The Hall–Kier alpha value is -1.88. The van der Waals surface area contributed by atoms with Crippen LogP contribution in [0.2, 0.25) is 0 Å². The summed E-state index contributed by atoms with van der Waals surface area (Å²) in [7, 11) is 1.55. The van der Waals surface area contributed by atoms with Gasteiger partial charge < -0.3 is 10.1 Å². The number of carbonyl (C=O) groups excluding carboxylic acids is 2. The normalized spacial score (nSPS) is 21.8. The molecule has 1 fully saturated rings. The largest absolute Gasteiger partial charge is 0.383 e. The van der Waals surface area contributed by atoms with E-state index >= 15 is 0 Å². The number of amides is 3. The number of hydrogen-bond acceptors (Lipinski definition) is 3. The number of benzene rings is 1. The van der Waals surface area contributed by atoms with E-state index in [1.807, 2.05) is 24.3 Å². The van der Waals surface area contributed by atoms with Gasteiger partial charge in [0.2, 0.25) is 0 Å². The van der Waals surface area contributed by atoms with Gasteiger partial charge in [-0.3, -0.25) is 9.69 Å². The molecule has 1 aromatic carbocycles. The molecule has 0 aliphatic carbocycles. The van der Waals surface area contributed by atoms with Crippen LogP contribution in [0.1, 0.15) is 31.4 Å². The summed E-state index contributed by atoms with van der Waals surface area (Å²) >= 11 is 0. The number of aryl methyl sites for hydroxylation is 1. The molecule has 5 nitrogen and oxygen atoms in total. The number of hydrogen-bond donors (Lipinski definition) is 1. The Kier molecular flexibility index (Phi) is 4.63. The summed E-state index contributed by atoms with van der Waals surface area (Å²) in [6.45, 7) is 4.48. The molecule has 0 saturated carbocycles. The summed E-state index contributed by atoms with van der Waals surface area (Å²) in [5.41, 5.74) is 1.05. The fourth-order valence-electron chi connectivity index (χ4n) is 2.57. The van der Waals surface area contributed by atoms with Crippen molar-refractivity contribution in [3.8, 4) is 0 Å². The highest BCUT2D eigenvalue weighted by atomic mass is 16.5. The Bertz CT molecular complexity index is 527. The van der Waals surface area contributed by atoms with Crippen LogP contribution in [0, 0.1) is 0 Å². The van der Waals surface area contributed by atoms with Crippen LogP contribution in [-0.2, 0) is 21.5 Å². The molecule has 1 N–H and O–H groups in total. The van der Waals surface area contributed by atoms with Crippen molar-refractivity contribution in [2.24, 2.45) is 0 Å². The van der Waals surface area contributed by atoms with Crippen molar-refractivity contribution in [2.75, 3.05) is 20.3 Å². The molecule has 1 aromatic rings. The van der Waals surface area contributed by atoms with Crippen molar-refractivity contribution in [2.45, 2.75) is 32.2 Å². The average Bonchev–Trinajstić information content (AvgIpc) is 2.69. The predicted octanol–water partition coefficient (Wildman–Crippen LogP) is 2.05. The number of nitrogens with zero attached hydrogens (tertiary/aromatic N) is 1. The van der Waals surface area contributed by atoms with Gasteiger partial charge in [0.25, 0.3) is 5.91 Å². The average molecular weight is 290 g/mol. The van der Waals surface area contributed by atoms with Crippen LogP contribution in [0.4, 0.5) is 4.79 Å². The topological polar surface area (TPSA) is 58.6 Å². The van der Waals surface area contributed by atoms with Crippen LogP contribution in [0.15, 0.2) is 24.3 Å². The van der Waals surface area contributed by atoms with Crippen LogP contribution >= 0.6 is 0 Å². The fraction of sp³-hybridized carbons (Fsp3) is 0.500. The third-order valence-electron chi connectivity index (χ3n) is 3.86. The monoisotopic (exact) mass is 290 g/mol. The van der Waals surface area contributed by atoms with Gasteiger partial charge in [0.1, 0.15) is 5.54 Å². The van der Waals surface area contributed by atoms with Gasteiger partial charge in [0.15, 0.2) is 0 Å². The zero-order chi connectivity index (χ0) is 15.5. The lowest BCUT2D eigenvalue weighted by atomic mass is 9.91. The third kappa shape index (κ3) is 2.93. The first-order valence-corrected chi connectivity index (χ1v) is 7.25. The maximum atomic E-state index is 12.5. The second kappa shape index (κ2) is 6.26. The van der Waals surface area contributed by atoms with Gasteiger partial charge in [-0.25, -0.2) is 4.79 Å². The maximum Gasteiger partial charge on any atom is 0.325 e. The quantitative estimate of drug-likeness (QED) is 0.816. The summed E-state index contributed by atoms with van der Waals surface area (Å²) in [6.07, 6.45) is 2.09. The predicted molar refractivity (Wildman–Crippen MR) is 79.9 cm³/mol. The van der Waals surface area contributed by atoms with Crippen molar-refractivity contribution in [3.05, 3.63) is 35.4 Å². The van der Waals surface area contributed by atoms with E-state index in [-0.39, 0.29) is 18.5 Å². The van der Waals surface area contributed by atoms with E-state index in [2.05, 4.69) is 12.2 Å². The highest BCUT2D eigenvalue weighted by Gasteiger charge is 2.48. The summed E-state index contributed by atoms with van der Waals surface area (Å²) < 4.78 is 4.94. The van der Waals surface area contributed by atoms with Crippen molar-refractivity contribution >= 4 is 11.9 Å². The van der Waals surface area contributed by atoms with E-state index in [4.69, 9.17) is 4.74 Å². The van der Waals surface area contributed by atoms with E-state index in [1.165, 1.54) is 10.5 Å². The van der Waals surface area contributed by atoms with Gasteiger partial charge in [-0.2, -0.15) is 0 Å². The second-order valence-corrected chi connectivity index (χ2v) is 5.45. The number of rotatable bonds is 6. The van der Waals surface area contributed by atoms with E-state index in [1.54, 1.807) is 14.0 Å². The number of imide groups is 1. The van der Waals surface area contributed by atoms with Crippen molar-refractivity contribution in [1.82, 2.24) is 10.2 Å². The Morgan fingerprint density at radius 1 is 1.24 bits per heavy atom. The standard InChI is InChI=1S/C16H22N2O3/c1-4-5-12-6-8-13(9-7-12)16(2)14(19)18(10-11-21-3)15(20)17-16/h6-9H,4-5,10-11H2,1-3H3,(H,17,20). The molecule has 1 unspecified atom stereocenters. The Morgan fingerprint density at radius 2 is 1.90 bits per heavy atom. The van der Waals surface area contributed by atoms with Crippen molar-refractivity contribution in [3.63, 3.8) is 0 Å². The first-order chi connectivity index (χ1) is 10.0. The highest BCUT2D eigenvalue weighted by Crippen LogP contribution is 2.29. The Balaban J connectivity index is 2.21. The first kappa shape index (κ1) is 15.5. The van der Waals surface area contributed by atoms with Crippen LogP contribution in [0.5, 0.6) is 0 Å². The van der Waals surface area contributed by atoms with E-state index in [9.17, 15) is 9.59 Å². The molecular weight excluding hydrogens is 268 g/mol. The molecule has 0 spiro atoms. The van der Waals surface area contributed by atoms with Gasteiger partial charge in [0.05, 0.1) is 13.2 Å². The van der Waals surface area contributed by atoms with Gasteiger partial charge in [-0.05, 0) is 24.5 Å². The fourth-order valence-corrected chi connectivity index (χ4v) is 2.57. The molecule has 1 aliphatic rings. The summed E-state index contributed by atoms with van der Waals surface area (Å²) in [4.78, 5) is 25.7. The molecule has 1 aliphatic heterocycles. The molecule has 0 radical (unpaired) electrons. The van der Waals surface area contributed by atoms with Crippen LogP contribution < -0.4 is 5.32 Å². The molecule has 114 valence electrons. The van der Waals surface area contributed by atoms with Gasteiger partial charge in [-0.15, -0.1) is 0 Å². The summed E-state index contributed by atoms with van der Waals surface area (Å²) in [6, 6.07) is 7.51. The lowest BCUT2D eigenvalue weighted by molar-refractivity contribution is -0.131. The molecule has 1 heterocycles. The maximum absolute atomic E-state index is 12.5. The molecule has 0 bridgehead atoms. The molecule has 5 heteroatoms. The van der Waals surface area contributed by atoms with Gasteiger partial charge in [-0.1, -0.05) is 37.6 Å². The number of nitrogens with one attached hydrogen (secondary N) is 1. The van der Waals surface area contributed by atoms with E-state index < -0.39 is 5.54 Å². The summed E-state index contributed by atoms with van der Waals surface area (Å²) in [5, 5.41) is 2.79. The molecule has 1 saturated heterocycles.